The van der Waals surface area contributed by atoms with Gasteiger partial charge in [0.1, 0.15) is 12.6 Å². The Balaban J connectivity index is 2.44. The van der Waals surface area contributed by atoms with Gasteiger partial charge >= 0.3 is 0 Å². The third kappa shape index (κ3) is 8.40. The molecule has 0 saturated heterocycles. The molecule has 0 fully saturated rings. The summed E-state index contributed by atoms with van der Waals surface area (Å²) >= 11 is 12.4. The fourth-order valence-corrected chi connectivity index (χ4v) is 4.97. The predicted molar refractivity (Wildman–Crippen MR) is 142 cm³/mol. The Morgan fingerprint density at radius 1 is 1.09 bits per heavy atom. The minimum absolute atomic E-state index is 0.0277. The molecule has 35 heavy (non-hydrogen) atoms. The first-order valence-corrected chi connectivity index (χ1v) is 14.1. The minimum atomic E-state index is -3.78. The van der Waals surface area contributed by atoms with E-state index in [1.54, 1.807) is 36.4 Å². The van der Waals surface area contributed by atoms with Crippen molar-refractivity contribution in [1.29, 1.82) is 0 Å². The second-order valence-corrected chi connectivity index (χ2v) is 11.2. The van der Waals surface area contributed by atoms with Crippen molar-refractivity contribution in [2.45, 2.75) is 52.6 Å². The summed E-state index contributed by atoms with van der Waals surface area (Å²) in [6.45, 7) is 5.74. The van der Waals surface area contributed by atoms with Crippen molar-refractivity contribution in [3.05, 3.63) is 63.6 Å². The largest absolute Gasteiger partial charge is 0.354 e. The smallest absolute Gasteiger partial charge is 0.244 e. The molecular weight excluding hydrogens is 509 g/mol. The van der Waals surface area contributed by atoms with Crippen LogP contribution in [0.1, 0.15) is 44.2 Å². The van der Waals surface area contributed by atoms with E-state index in [4.69, 9.17) is 23.2 Å². The zero-order valence-electron chi connectivity index (χ0n) is 20.6. The summed E-state index contributed by atoms with van der Waals surface area (Å²) in [5, 5.41) is 3.69. The molecule has 0 bridgehead atoms. The van der Waals surface area contributed by atoms with Crippen LogP contribution in [0.25, 0.3) is 0 Å². The third-order valence-electron chi connectivity index (χ3n) is 5.54. The molecule has 0 aliphatic rings. The van der Waals surface area contributed by atoms with E-state index < -0.39 is 28.5 Å². The molecule has 0 unspecified atom stereocenters. The van der Waals surface area contributed by atoms with Gasteiger partial charge in [0.05, 0.1) is 11.9 Å². The summed E-state index contributed by atoms with van der Waals surface area (Å²) in [5.41, 5.74) is 1.84. The lowest BCUT2D eigenvalue weighted by Gasteiger charge is -2.33. The molecule has 2 aromatic rings. The van der Waals surface area contributed by atoms with Crippen LogP contribution in [0.5, 0.6) is 0 Å². The first kappa shape index (κ1) is 28.9. The van der Waals surface area contributed by atoms with E-state index in [1.807, 2.05) is 26.8 Å². The van der Waals surface area contributed by atoms with Crippen LogP contribution in [0.4, 0.5) is 5.69 Å². The number of amides is 2. The molecule has 0 aliphatic heterocycles. The zero-order valence-corrected chi connectivity index (χ0v) is 22.9. The van der Waals surface area contributed by atoms with Crippen molar-refractivity contribution in [3.8, 4) is 0 Å². The molecule has 0 heterocycles. The summed E-state index contributed by atoms with van der Waals surface area (Å²) in [6.07, 6.45) is 3.13. The van der Waals surface area contributed by atoms with Crippen LogP contribution >= 0.6 is 23.2 Å². The Kier molecular flexibility index (Phi) is 10.9. The highest BCUT2D eigenvalue weighted by Gasteiger charge is 2.32. The van der Waals surface area contributed by atoms with Gasteiger partial charge in [0.2, 0.25) is 21.8 Å². The van der Waals surface area contributed by atoms with Gasteiger partial charge in [-0.05, 0) is 55.2 Å². The van der Waals surface area contributed by atoms with E-state index in [2.05, 4.69) is 5.32 Å². The third-order valence-corrected chi connectivity index (χ3v) is 7.27. The molecule has 10 heteroatoms. The molecule has 0 radical (unpaired) electrons. The molecule has 2 amide bonds. The number of hydrogen-bond donors (Lipinski definition) is 1. The molecule has 7 nitrogen and oxygen atoms in total. The van der Waals surface area contributed by atoms with Gasteiger partial charge in [-0.25, -0.2) is 8.42 Å². The molecule has 2 aromatic carbocycles. The van der Waals surface area contributed by atoms with E-state index >= 15 is 0 Å². The molecule has 0 aliphatic carbocycles. The highest BCUT2D eigenvalue weighted by Crippen LogP contribution is 2.25. The standard InChI is InChI=1S/C25H33Cl2N3O4S/c1-5-7-13-28-25(32)23(6-2)29(16-19-11-12-20(26)15-22(19)27)24(31)17-30(35(4,33)34)21-10-8-9-18(3)14-21/h8-12,14-15,23H,5-7,13,16-17H2,1-4H3,(H,28,32)/t23-/m1/s1. The van der Waals surface area contributed by atoms with E-state index in [0.29, 0.717) is 34.3 Å². The Morgan fingerprint density at radius 3 is 2.37 bits per heavy atom. The van der Waals surface area contributed by atoms with E-state index in [9.17, 15) is 18.0 Å². The number of rotatable bonds is 12. The van der Waals surface area contributed by atoms with Crippen LogP contribution in [0, 0.1) is 6.92 Å². The van der Waals surface area contributed by atoms with Crippen molar-refractivity contribution in [2.24, 2.45) is 0 Å². The summed E-state index contributed by atoms with van der Waals surface area (Å²) in [6, 6.07) is 11.0. The van der Waals surface area contributed by atoms with Gasteiger partial charge in [-0.3, -0.25) is 13.9 Å². The maximum Gasteiger partial charge on any atom is 0.244 e. The van der Waals surface area contributed by atoms with Crippen molar-refractivity contribution in [2.75, 3.05) is 23.7 Å². The van der Waals surface area contributed by atoms with Crippen LogP contribution in [-0.4, -0.2) is 50.5 Å². The number of benzene rings is 2. The van der Waals surface area contributed by atoms with E-state index in [1.165, 1.54) is 4.90 Å². The fraction of sp³-hybridized carbons (Fsp3) is 0.440. The zero-order chi connectivity index (χ0) is 26.2. The van der Waals surface area contributed by atoms with Gasteiger partial charge in [0, 0.05) is 23.1 Å². The summed E-state index contributed by atoms with van der Waals surface area (Å²) in [5.74, 6) is -0.804. The lowest BCUT2D eigenvalue weighted by Crippen LogP contribution is -2.52. The lowest BCUT2D eigenvalue weighted by molar-refractivity contribution is -0.140. The first-order valence-electron chi connectivity index (χ1n) is 11.5. The number of halogens is 2. The van der Waals surface area contributed by atoms with Crippen molar-refractivity contribution in [1.82, 2.24) is 10.2 Å². The van der Waals surface area contributed by atoms with Crippen LogP contribution in [0.15, 0.2) is 42.5 Å². The number of nitrogens with one attached hydrogen (secondary N) is 1. The maximum atomic E-state index is 13.6. The summed E-state index contributed by atoms with van der Waals surface area (Å²) < 4.78 is 26.3. The van der Waals surface area contributed by atoms with Crippen molar-refractivity contribution >= 4 is 50.7 Å². The molecule has 0 spiro atoms. The highest BCUT2D eigenvalue weighted by molar-refractivity contribution is 7.92. The molecule has 2 rings (SSSR count). The average molecular weight is 543 g/mol. The van der Waals surface area contributed by atoms with Crippen LogP contribution in [-0.2, 0) is 26.2 Å². The van der Waals surface area contributed by atoms with Crippen LogP contribution in [0.2, 0.25) is 10.0 Å². The maximum absolute atomic E-state index is 13.6. The number of sulfonamides is 1. The first-order chi connectivity index (χ1) is 16.5. The molecule has 1 N–H and O–H groups in total. The van der Waals surface area contributed by atoms with Crippen LogP contribution in [0.3, 0.4) is 0 Å². The summed E-state index contributed by atoms with van der Waals surface area (Å²) in [7, 11) is -3.78. The predicted octanol–water partition coefficient (Wildman–Crippen LogP) is 4.79. The molecule has 1 atom stereocenters. The lowest BCUT2D eigenvalue weighted by atomic mass is 10.1. The topological polar surface area (TPSA) is 86.8 Å². The molecular formula is C25H33Cl2N3O4S. The van der Waals surface area contributed by atoms with Crippen LogP contribution < -0.4 is 9.62 Å². The Bertz CT molecular complexity index is 1140. The number of anilines is 1. The quantitative estimate of drug-likeness (QED) is 0.391. The molecule has 192 valence electrons. The second kappa shape index (κ2) is 13.1. The SMILES string of the molecule is CCCCNC(=O)[C@@H](CC)N(Cc1ccc(Cl)cc1Cl)C(=O)CN(c1cccc(C)c1)S(C)(=O)=O. The van der Waals surface area contributed by atoms with Crippen molar-refractivity contribution in [3.63, 3.8) is 0 Å². The number of unbranched alkanes of at least 4 members (excludes halogenated alkanes) is 1. The Morgan fingerprint density at radius 2 is 1.80 bits per heavy atom. The minimum Gasteiger partial charge on any atom is -0.354 e. The average Bonchev–Trinajstić information content (AvgIpc) is 2.78. The number of nitrogens with zero attached hydrogens (tertiary/aromatic N) is 2. The number of hydrogen-bond acceptors (Lipinski definition) is 4. The van der Waals surface area contributed by atoms with E-state index in [-0.39, 0.29) is 12.5 Å². The second-order valence-electron chi connectivity index (χ2n) is 8.43. The Labute approximate surface area is 218 Å². The fourth-order valence-electron chi connectivity index (χ4n) is 3.66. The number of carbonyl (C=O) groups is 2. The monoisotopic (exact) mass is 541 g/mol. The number of aryl methyl sites for hydroxylation is 1. The Hall–Kier alpha value is -2.29. The van der Waals surface area contributed by atoms with Gasteiger partial charge in [-0.1, -0.05) is 61.7 Å². The van der Waals surface area contributed by atoms with Gasteiger partial charge in [-0.15, -0.1) is 0 Å². The van der Waals surface area contributed by atoms with E-state index in [0.717, 1.165) is 29.0 Å². The van der Waals surface area contributed by atoms with Gasteiger partial charge < -0.3 is 10.2 Å². The molecule has 0 saturated carbocycles. The number of carbonyl (C=O) groups excluding carboxylic acids is 2. The normalized spacial score (nSPS) is 12.2. The summed E-state index contributed by atoms with van der Waals surface area (Å²) in [4.78, 5) is 28.1. The van der Waals surface area contributed by atoms with Gasteiger partial charge in [-0.2, -0.15) is 0 Å². The van der Waals surface area contributed by atoms with Gasteiger partial charge in [0.25, 0.3) is 0 Å². The van der Waals surface area contributed by atoms with Crippen molar-refractivity contribution < 1.29 is 18.0 Å². The van der Waals surface area contributed by atoms with Gasteiger partial charge in [0.15, 0.2) is 0 Å². The molecule has 0 aromatic heterocycles. The highest BCUT2D eigenvalue weighted by atomic mass is 35.5.